The van der Waals surface area contributed by atoms with Gasteiger partial charge in [0.25, 0.3) is 0 Å². The standard InChI is InChI=1S/C58H90F4O/c1-3-5-7-9-11-13-15-19-25-45-27-33-49(34-28-45)57(39-21-17-22-40-57)51-37-31-47(53(59)55(51)61)43-63-44-48-32-38-52(56(62)54(48)60)58(41-23-18-24-42-58)50-35-29-46(30-36-50)26-20-16-14-12-10-8-6-4-2/h31-32,37-38,45-46,49-50H,3-30,33-36,39-44H2,1-2H3/t45-,46-,49-,50-. The van der Waals surface area contributed by atoms with Crippen LogP contribution in [-0.2, 0) is 28.8 Å². The molecular formula is C58H90F4O. The van der Waals surface area contributed by atoms with Crippen molar-refractivity contribution in [3.63, 3.8) is 0 Å². The maximum atomic E-state index is 16.3. The number of ether oxygens (including phenoxy) is 1. The number of hydrogen-bond acceptors (Lipinski definition) is 1. The molecule has 2 aromatic carbocycles. The molecule has 0 amide bonds. The van der Waals surface area contributed by atoms with E-state index in [2.05, 4.69) is 13.8 Å². The Balaban J connectivity index is 1.01. The van der Waals surface area contributed by atoms with Crippen molar-refractivity contribution < 1.29 is 22.3 Å². The fourth-order valence-corrected chi connectivity index (χ4v) is 13.7. The highest BCUT2D eigenvalue weighted by Crippen LogP contribution is 2.54. The monoisotopic (exact) mass is 879 g/mol. The average Bonchev–Trinajstić information content (AvgIpc) is 3.31. The Hall–Kier alpha value is -1.88. The molecule has 0 heterocycles. The summed E-state index contributed by atoms with van der Waals surface area (Å²) in [5.74, 6) is -0.811. The lowest BCUT2D eigenvalue weighted by atomic mass is 9.57. The van der Waals surface area contributed by atoms with Gasteiger partial charge in [0.05, 0.1) is 13.2 Å². The van der Waals surface area contributed by atoms with Crippen molar-refractivity contribution >= 4 is 0 Å². The van der Waals surface area contributed by atoms with Crippen LogP contribution in [-0.4, -0.2) is 0 Å². The average molecular weight is 879 g/mol. The maximum Gasteiger partial charge on any atom is 0.164 e. The van der Waals surface area contributed by atoms with Gasteiger partial charge in [-0.1, -0.05) is 218 Å². The van der Waals surface area contributed by atoms with Crippen LogP contribution in [0.2, 0.25) is 0 Å². The molecule has 0 aliphatic heterocycles. The van der Waals surface area contributed by atoms with Crippen molar-refractivity contribution in [2.75, 3.05) is 0 Å². The van der Waals surface area contributed by atoms with Gasteiger partial charge in [-0.3, -0.25) is 0 Å². The number of benzene rings is 2. The fourth-order valence-electron chi connectivity index (χ4n) is 13.7. The Morgan fingerprint density at radius 3 is 1.10 bits per heavy atom. The zero-order valence-electron chi connectivity index (χ0n) is 40.4. The first-order chi connectivity index (χ1) is 30.8. The summed E-state index contributed by atoms with van der Waals surface area (Å²) in [6, 6.07) is 7.10. The molecule has 4 aliphatic rings. The highest BCUT2D eigenvalue weighted by atomic mass is 19.2. The normalized spacial score (nSPS) is 23.8. The van der Waals surface area contributed by atoms with Crippen LogP contribution < -0.4 is 0 Å². The van der Waals surface area contributed by atoms with Crippen molar-refractivity contribution in [2.24, 2.45) is 23.7 Å². The van der Waals surface area contributed by atoms with Crippen molar-refractivity contribution in [3.8, 4) is 0 Å². The molecule has 0 spiro atoms. The highest BCUT2D eigenvalue weighted by Gasteiger charge is 2.46. The van der Waals surface area contributed by atoms with E-state index in [-0.39, 0.29) is 35.2 Å². The van der Waals surface area contributed by atoms with Crippen LogP contribution in [0.15, 0.2) is 24.3 Å². The largest absolute Gasteiger partial charge is 0.372 e. The zero-order chi connectivity index (χ0) is 44.3. The molecular weight excluding hydrogens is 789 g/mol. The first-order valence-corrected chi connectivity index (χ1v) is 27.4. The molecule has 4 aliphatic carbocycles. The number of hydrogen-bond donors (Lipinski definition) is 0. The summed E-state index contributed by atoms with van der Waals surface area (Å²) >= 11 is 0. The van der Waals surface area contributed by atoms with Crippen LogP contribution in [0, 0.1) is 46.9 Å². The third-order valence-corrected chi connectivity index (χ3v) is 17.6. The van der Waals surface area contributed by atoms with E-state index < -0.39 is 23.3 Å². The van der Waals surface area contributed by atoms with E-state index in [1.807, 2.05) is 12.1 Å². The quantitative estimate of drug-likeness (QED) is 0.0676. The molecule has 4 saturated carbocycles. The van der Waals surface area contributed by atoms with Crippen molar-refractivity contribution in [1.82, 2.24) is 0 Å². The summed E-state index contributed by atoms with van der Waals surface area (Å²) in [5.41, 5.74) is 0.799. The fraction of sp³-hybridized carbons (Fsp3) is 0.793. The first kappa shape index (κ1) is 50.5. The first-order valence-electron chi connectivity index (χ1n) is 27.4. The third-order valence-electron chi connectivity index (χ3n) is 17.6. The summed E-state index contributed by atoms with van der Waals surface area (Å²) in [6.07, 6.45) is 43.8. The number of rotatable bonds is 26. The Morgan fingerprint density at radius 2 is 0.746 bits per heavy atom. The molecule has 0 N–H and O–H groups in total. The molecule has 2 aromatic rings. The van der Waals surface area contributed by atoms with E-state index in [0.29, 0.717) is 23.0 Å². The van der Waals surface area contributed by atoms with Crippen molar-refractivity contribution in [3.05, 3.63) is 69.8 Å². The number of halogens is 4. The summed E-state index contributed by atoms with van der Waals surface area (Å²) in [4.78, 5) is 0. The predicted molar refractivity (Wildman–Crippen MR) is 256 cm³/mol. The third kappa shape index (κ3) is 13.6. The number of unbranched alkanes of at least 4 members (excludes halogenated alkanes) is 14. The minimum atomic E-state index is -0.838. The summed E-state index contributed by atoms with van der Waals surface area (Å²) in [6.45, 7) is 4.17. The van der Waals surface area contributed by atoms with Gasteiger partial charge in [0.15, 0.2) is 23.3 Å². The van der Waals surface area contributed by atoms with Gasteiger partial charge in [0.1, 0.15) is 0 Å². The minimum absolute atomic E-state index is 0.146. The maximum absolute atomic E-state index is 16.3. The van der Waals surface area contributed by atoms with Gasteiger partial charge in [-0.05, 0) is 86.2 Å². The van der Waals surface area contributed by atoms with Gasteiger partial charge < -0.3 is 4.74 Å². The lowest BCUT2D eigenvalue weighted by Crippen LogP contribution is -2.40. The van der Waals surface area contributed by atoms with Crippen LogP contribution in [0.5, 0.6) is 0 Å². The Morgan fingerprint density at radius 1 is 0.413 bits per heavy atom. The van der Waals surface area contributed by atoms with E-state index in [1.54, 1.807) is 12.1 Å². The minimum Gasteiger partial charge on any atom is -0.372 e. The molecule has 0 bridgehead atoms. The Labute approximate surface area is 383 Å². The van der Waals surface area contributed by atoms with Gasteiger partial charge in [0, 0.05) is 22.0 Å². The van der Waals surface area contributed by atoms with Crippen LogP contribution in [0.25, 0.3) is 0 Å². The smallest absolute Gasteiger partial charge is 0.164 e. The van der Waals surface area contributed by atoms with Gasteiger partial charge >= 0.3 is 0 Å². The van der Waals surface area contributed by atoms with Crippen molar-refractivity contribution in [1.29, 1.82) is 0 Å². The lowest BCUT2D eigenvalue weighted by molar-refractivity contribution is 0.0995. The molecule has 0 atom stereocenters. The summed E-state index contributed by atoms with van der Waals surface area (Å²) < 4.78 is 70.6. The molecule has 4 fully saturated rings. The molecule has 356 valence electrons. The second-order valence-electron chi connectivity index (χ2n) is 21.7. The Kier molecular flexibility index (Phi) is 21.2. The molecule has 63 heavy (non-hydrogen) atoms. The summed E-state index contributed by atoms with van der Waals surface area (Å²) in [5, 5.41) is 0. The summed E-state index contributed by atoms with van der Waals surface area (Å²) in [7, 11) is 0. The topological polar surface area (TPSA) is 9.23 Å². The molecule has 5 heteroatoms. The second-order valence-corrected chi connectivity index (χ2v) is 21.7. The SMILES string of the molecule is CCCCCCCCCC[C@H]1CC[C@H](C2(c3ccc(COCc4ccc(C5([C@H]6CC[C@H](CCCCCCCCCC)CC6)CCCCC5)c(F)c4F)c(F)c3F)CCCCC2)CC1. The lowest BCUT2D eigenvalue weighted by Gasteiger charge is -2.47. The van der Waals surface area contributed by atoms with Gasteiger partial charge in [-0.2, -0.15) is 0 Å². The van der Waals surface area contributed by atoms with Gasteiger partial charge in [-0.15, -0.1) is 0 Å². The molecule has 0 unspecified atom stereocenters. The second kappa shape index (κ2) is 26.5. The highest BCUT2D eigenvalue weighted by molar-refractivity contribution is 5.35. The van der Waals surface area contributed by atoms with Crippen LogP contribution in [0.1, 0.15) is 267 Å². The molecule has 0 radical (unpaired) electrons. The van der Waals surface area contributed by atoms with Crippen LogP contribution >= 0.6 is 0 Å². The van der Waals surface area contributed by atoms with E-state index in [9.17, 15) is 0 Å². The predicted octanol–water partition coefficient (Wildman–Crippen LogP) is 19.0. The zero-order valence-corrected chi connectivity index (χ0v) is 40.4. The molecule has 0 aromatic heterocycles. The van der Waals surface area contributed by atoms with E-state index in [1.165, 1.54) is 141 Å². The van der Waals surface area contributed by atoms with Crippen LogP contribution in [0.4, 0.5) is 17.6 Å². The van der Waals surface area contributed by atoms with E-state index in [0.717, 1.165) is 102 Å². The van der Waals surface area contributed by atoms with E-state index >= 15 is 17.6 Å². The Bertz CT molecular complexity index is 1470. The van der Waals surface area contributed by atoms with Gasteiger partial charge in [0.2, 0.25) is 0 Å². The van der Waals surface area contributed by atoms with Crippen molar-refractivity contribution in [2.45, 2.75) is 269 Å². The molecule has 6 rings (SSSR count). The molecule has 1 nitrogen and oxygen atoms in total. The van der Waals surface area contributed by atoms with Crippen LogP contribution in [0.3, 0.4) is 0 Å². The van der Waals surface area contributed by atoms with Gasteiger partial charge in [-0.25, -0.2) is 17.6 Å². The van der Waals surface area contributed by atoms with E-state index in [4.69, 9.17) is 4.74 Å². The molecule has 0 saturated heterocycles.